The summed E-state index contributed by atoms with van der Waals surface area (Å²) in [5, 5.41) is 3.51. The first-order valence-corrected chi connectivity index (χ1v) is 6.86. The smallest absolute Gasteiger partial charge is 0.0613 e. The lowest BCUT2D eigenvalue weighted by molar-refractivity contribution is 0.171. The average molecular weight is 248 g/mol. The number of para-hydroxylation sites is 1. The van der Waals surface area contributed by atoms with E-state index in [1.54, 1.807) is 7.11 Å². The highest BCUT2D eigenvalue weighted by atomic mass is 16.5. The van der Waals surface area contributed by atoms with Gasteiger partial charge < -0.3 is 15.0 Å². The van der Waals surface area contributed by atoms with Gasteiger partial charge in [-0.25, -0.2) is 0 Å². The van der Waals surface area contributed by atoms with Crippen molar-refractivity contribution in [3.05, 3.63) is 29.8 Å². The molecule has 1 fully saturated rings. The number of benzene rings is 1. The Morgan fingerprint density at radius 2 is 2.00 bits per heavy atom. The number of hydrogen-bond donors (Lipinski definition) is 1. The molecule has 1 saturated heterocycles. The predicted molar refractivity (Wildman–Crippen MR) is 76.1 cm³/mol. The van der Waals surface area contributed by atoms with E-state index in [0.717, 1.165) is 13.2 Å². The van der Waals surface area contributed by atoms with E-state index in [1.807, 2.05) is 0 Å². The van der Waals surface area contributed by atoms with E-state index in [2.05, 4.69) is 41.4 Å². The lowest BCUT2D eigenvalue weighted by Gasteiger charge is -2.22. The SMILES string of the molecule is COCC(C)NCc1ccccc1N1CCCC1. The van der Waals surface area contributed by atoms with Crippen LogP contribution in [0, 0.1) is 0 Å². The standard InChI is InChI=1S/C15H24N2O/c1-13(12-18-2)16-11-14-7-3-4-8-15(14)17-9-5-6-10-17/h3-4,7-8,13,16H,5-6,9-12H2,1-2H3. The highest BCUT2D eigenvalue weighted by Crippen LogP contribution is 2.24. The topological polar surface area (TPSA) is 24.5 Å². The van der Waals surface area contributed by atoms with E-state index in [9.17, 15) is 0 Å². The molecule has 0 spiro atoms. The van der Waals surface area contributed by atoms with Crippen molar-refractivity contribution >= 4 is 5.69 Å². The summed E-state index contributed by atoms with van der Waals surface area (Å²) in [5.74, 6) is 0. The van der Waals surface area contributed by atoms with Gasteiger partial charge in [0.15, 0.2) is 0 Å². The van der Waals surface area contributed by atoms with Gasteiger partial charge in [-0.1, -0.05) is 18.2 Å². The van der Waals surface area contributed by atoms with Crippen LogP contribution in [0.25, 0.3) is 0 Å². The molecule has 0 bridgehead atoms. The van der Waals surface area contributed by atoms with Crippen LogP contribution in [0.2, 0.25) is 0 Å². The highest BCUT2D eigenvalue weighted by molar-refractivity contribution is 5.54. The lowest BCUT2D eigenvalue weighted by atomic mass is 10.1. The van der Waals surface area contributed by atoms with Crippen LogP contribution in [0.5, 0.6) is 0 Å². The van der Waals surface area contributed by atoms with Crippen LogP contribution in [0.3, 0.4) is 0 Å². The average Bonchev–Trinajstić information content (AvgIpc) is 2.91. The Hall–Kier alpha value is -1.06. The maximum atomic E-state index is 5.15. The second-order valence-electron chi connectivity index (χ2n) is 5.06. The Morgan fingerprint density at radius 3 is 2.72 bits per heavy atom. The monoisotopic (exact) mass is 248 g/mol. The van der Waals surface area contributed by atoms with E-state index < -0.39 is 0 Å². The molecule has 100 valence electrons. The molecule has 1 aromatic rings. The van der Waals surface area contributed by atoms with Crippen molar-refractivity contribution in [2.75, 3.05) is 31.7 Å². The number of methoxy groups -OCH3 is 1. The second-order valence-corrected chi connectivity index (χ2v) is 5.06. The van der Waals surface area contributed by atoms with Crippen molar-refractivity contribution in [2.24, 2.45) is 0 Å². The van der Waals surface area contributed by atoms with Gasteiger partial charge in [-0.2, -0.15) is 0 Å². The molecule has 1 aromatic carbocycles. The van der Waals surface area contributed by atoms with E-state index in [0.29, 0.717) is 6.04 Å². The van der Waals surface area contributed by atoms with Crippen LogP contribution < -0.4 is 10.2 Å². The molecule has 0 radical (unpaired) electrons. The molecule has 0 aliphatic carbocycles. The third kappa shape index (κ3) is 3.47. The van der Waals surface area contributed by atoms with Crippen LogP contribution in [0.15, 0.2) is 24.3 Å². The molecule has 1 heterocycles. The highest BCUT2D eigenvalue weighted by Gasteiger charge is 2.15. The van der Waals surface area contributed by atoms with Gasteiger partial charge in [-0.15, -0.1) is 0 Å². The van der Waals surface area contributed by atoms with Crippen LogP contribution >= 0.6 is 0 Å². The van der Waals surface area contributed by atoms with Crippen LogP contribution in [-0.2, 0) is 11.3 Å². The normalized spacial score (nSPS) is 17.1. The number of rotatable bonds is 6. The summed E-state index contributed by atoms with van der Waals surface area (Å²) >= 11 is 0. The molecular weight excluding hydrogens is 224 g/mol. The summed E-state index contributed by atoms with van der Waals surface area (Å²) in [7, 11) is 1.75. The number of nitrogens with zero attached hydrogens (tertiary/aromatic N) is 1. The van der Waals surface area contributed by atoms with Gasteiger partial charge in [0.2, 0.25) is 0 Å². The largest absolute Gasteiger partial charge is 0.383 e. The number of ether oxygens (including phenoxy) is 1. The summed E-state index contributed by atoms with van der Waals surface area (Å²) in [4.78, 5) is 2.50. The van der Waals surface area contributed by atoms with Crippen molar-refractivity contribution in [3.8, 4) is 0 Å². The zero-order chi connectivity index (χ0) is 12.8. The Kier molecular flexibility index (Phi) is 5.02. The Balaban J connectivity index is 1.98. The molecule has 1 N–H and O–H groups in total. The van der Waals surface area contributed by atoms with E-state index in [4.69, 9.17) is 4.74 Å². The summed E-state index contributed by atoms with van der Waals surface area (Å²) < 4.78 is 5.15. The second kappa shape index (κ2) is 6.76. The maximum absolute atomic E-state index is 5.15. The van der Waals surface area contributed by atoms with Gasteiger partial charge in [0.05, 0.1) is 6.61 Å². The van der Waals surface area contributed by atoms with Gasteiger partial charge >= 0.3 is 0 Å². The predicted octanol–water partition coefficient (Wildman–Crippen LogP) is 2.41. The Morgan fingerprint density at radius 1 is 1.28 bits per heavy atom. The fourth-order valence-electron chi connectivity index (χ4n) is 2.52. The van der Waals surface area contributed by atoms with Gasteiger partial charge in [0, 0.05) is 38.5 Å². The molecule has 0 amide bonds. The molecule has 2 rings (SSSR count). The minimum atomic E-state index is 0.390. The van der Waals surface area contributed by atoms with Crippen molar-refractivity contribution in [1.82, 2.24) is 5.32 Å². The van der Waals surface area contributed by atoms with Crippen molar-refractivity contribution in [2.45, 2.75) is 32.4 Å². The molecule has 18 heavy (non-hydrogen) atoms. The molecule has 0 saturated carbocycles. The first-order chi connectivity index (χ1) is 8.81. The quantitative estimate of drug-likeness (QED) is 0.836. The lowest BCUT2D eigenvalue weighted by Crippen LogP contribution is -2.30. The number of anilines is 1. The minimum absolute atomic E-state index is 0.390. The molecular formula is C15H24N2O. The van der Waals surface area contributed by atoms with E-state index >= 15 is 0 Å². The first-order valence-electron chi connectivity index (χ1n) is 6.86. The maximum Gasteiger partial charge on any atom is 0.0613 e. The van der Waals surface area contributed by atoms with E-state index in [-0.39, 0.29) is 0 Å². The van der Waals surface area contributed by atoms with Crippen molar-refractivity contribution in [1.29, 1.82) is 0 Å². The van der Waals surface area contributed by atoms with E-state index in [1.165, 1.54) is 37.2 Å². The van der Waals surface area contributed by atoms with Crippen LogP contribution in [0.1, 0.15) is 25.3 Å². The van der Waals surface area contributed by atoms with Crippen LogP contribution in [-0.4, -0.2) is 32.8 Å². The summed E-state index contributed by atoms with van der Waals surface area (Å²) in [6.45, 7) is 6.22. The molecule has 1 aliphatic rings. The molecule has 1 aliphatic heterocycles. The molecule has 1 unspecified atom stereocenters. The summed E-state index contributed by atoms with van der Waals surface area (Å²) in [6.07, 6.45) is 2.64. The van der Waals surface area contributed by atoms with Gasteiger partial charge in [0.1, 0.15) is 0 Å². The van der Waals surface area contributed by atoms with Gasteiger partial charge in [-0.05, 0) is 31.4 Å². The zero-order valence-electron chi connectivity index (χ0n) is 11.5. The summed E-state index contributed by atoms with van der Waals surface area (Å²) in [6, 6.07) is 9.11. The molecule has 3 nitrogen and oxygen atoms in total. The number of nitrogens with one attached hydrogen (secondary N) is 1. The van der Waals surface area contributed by atoms with Gasteiger partial charge in [-0.3, -0.25) is 0 Å². The fraction of sp³-hybridized carbons (Fsp3) is 0.600. The number of hydrogen-bond acceptors (Lipinski definition) is 3. The van der Waals surface area contributed by atoms with Crippen molar-refractivity contribution < 1.29 is 4.74 Å². The zero-order valence-corrected chi connectivity index (χ0v) is 11.5. The first kappa shape index (κ1) is 13.4. The van der Waals surface area contributed by atoms with Gasteiger partial charge in [0.25, 0.3) is 0 Å². The van der Waals surface area contributed by atoms with Crippen LogP contribution in [0.4, 0.5) is 5.69 Å². The third-order valence-electron chi connectivity index (χ3n) is 3.50. The minimum Gasteiger partial charge on any atom is -0.383 e. The van der Waals surface area contributed by atoms with Crippen molar-refractivity contribution in [3.63, 3.8) is 0 Å². The third-order valence-corrected chi connectivity index (χ3v) is 3.50. The molecule has 3 heteroatoms. The molecule has 0 aromatic heterocycles. The Bertz CT molecular complexity index is 361. The fourth-order valence-corrected chi connectivity index (χ4v) is 2.52. The molecule has 1 atom stereocenters. The Labute approximate surface area is 110 Å². The summed E-state index contributed by atoms with van der Waals surface area (Å²) in [5.41, 5.74) is 2.79.